The van der Waals surface area contributed by atoms with Crippen LogP contribution in [0.4, 0.5) is 5.82 Å². The summed E-state index contributed by atoms with van der Waals surface area (Å²) in [5, 5.41) is 9.20. The van der Waals surface area contributed by atoms with Crippen LogP contribution in [-0.4, -0.2) is 29.1 Å². The van der Waals surface area contributed by atoms with Gasteiger partial charge in [-0.15, -0.1) is 0 Å². The van der Waals surface area contributed by atoms with Crippen molar-refractivity contribution < 1.29 is 9.90 Å². The molecule has 1 fully saturated rings. The van der Waals surface area contributed by atoms with Crippen LogP contribution in [0.1, 0.15) is 36.0 Å². The van der Waals surface area contributed by atoms with Gasteiger partial charge >= 0.3 is 5.97 Å². The Morgan fingerprint density at radius 3 is 2.53 bits per heavy atom. The molecule has 5 heteroatoms. The van der Waals surface area contributed by atoms with Gasteiger partial charge in [0.05, 0.1) is 10.6 Å². The molecule has 1 aliphatic rings. The molecule has 0 saturated carbocycles. The van der Waals surface area contributed by atoms with E-state index in [1.165, 1.54) is 19.0 Å². The molecule has 0 atom stereocenters. The van der Waals surface area contributed by atoms with Crippen LogP contribution in [0.3, 0.4) is 0 Å². The van der Waals surface area contributed by atoms with Crippen LogP contribution in [0.5, 0.6) is 0 Å². The van der Waals surface area contributed by atoms with Crippen molar-refractivity contribution in [3.05, 3.63) is 22.8 Å². The second-order valence-corrected chi connectivity index (χ2v) is 4.64. The van der Waals surface area contributed by atoms with Gasteiger partial charge in [-0.25, -0.2) is 9.78 Å². The monoisotopic (exact) mass is 254 g/mol. The largest absolute Gasteiger partial charge is 0.478 e. The van der Waals surface area contributed by atoms with Gasteiger partial charge in [-0.3, -0.25) is 0 Å². The van der Waals surface area contributed by atoms with Crippen LogP contribution < -0.4 is 4.90 Å². The highest BCUT2D eigenvalue weighted by Gasteiger charge is 2.15. The number of aromatic carboxylic acids is 1. The summed E-state index contributed by atoms with van der Waals surface area (Å²) in [6.45, 7) is 1.88. The van der Waals surface area contributed by atoms with Gasteiger partial charge in [0.2, 0.25) is 0 Å². The first kappa shape index (κ1) is 12.2. The van der Waals surface area contributed by atoms with Gasteiger partial charge in [-0.05, 0) is 18.9 Å². The molecule has 0 unspecified atom stereocenters. The van der Waals surface area contributed by atoms with E-state index in [-0.39, 0.29) is 10.6 Å². The molecule has 92 valence electrons. The average Bonchev–Trinajstić information content (AvgIpc) is 2.58. The molecule has 2 heterocycles. The number of carbonyl (C=O) groups is 1. The summed E-state index contributed by atoms with van der Waals surface area (Å²) < 4.78 is 0. The summed E-state index contributed by atoms with van der Waals surface area (Å²) in [5.41, 5.74) is 0.126. The van der Waals surface area contributed by atoms with Crippen molar-refractivity contribution in [1.29, 1.82) is 0 Å². The van der Waals surface area contributed by atoms with Gasteiger partial charge in [-0.1, -0.05) is 24.4 Å². The van der Waals surface area contributed by atoms with Crippen LogP contribution in [0.25, 0.3) is 0 Å². The summed E-state index contributed by atoms with van der Waals surface area (Å²) in [5.74, 6) is -0.290. The van der Waals surface area contributed by atoms with Gasteiger partial charge in [-0.2, -0.15) is 0 Å². The van der Waals surface area contributed by atoms with Crippen molar-refractivity contribution in [2.24, 2.45) is 0 Å². The molecular formula is C12H15ClN2O2. The fourth-order valence-corrected chi connectivity index (χ4v) is 2.25. The van der Waals surface area contributed by atoms with E-state index >= 15 is 0 Å². The minimum Gasteiger partial charge on any atom is -0.478 e. The number of halogens is 1. The predicted molar refractivity (Wildman–Crippen MR) is 66.9 cm³/mol. The Bertz CT molecular complexity index is 415. The number of anilines is 1. The molecule has 0 spiro atoms. The first-order valence-corrected chi connectivity index (χ1v) is 6.20. The third-order valence-electron chi connectivity index (χ3n) is 3.00. The number of carboxylic acids is 1. The van der Waals surface area contributed by atoms with Gasteiger partial charge < -0.3 is 10.0 Å². The Morgan fingerprint density at radius 1 is 1.29 bits per heavy atom. The Kier molecular flexibility index (Phi) is 3.84. The molecule has 1 N–H and O–H groups in total. The van der Waals surface area contributed by atoms with E-state index in [4.69, 9.17) is 16.7 Å². The molecule has 4 nitrogen and oxygen atoms in total. The van der Waals surface area contributed by atoms with Crippen LogP contribution in [0.2, 0.25) is 5.02 Å². The quantitative estimate of drug-likeness (QED) is 0.882. The van der Waals surface area contributed by atoms with E-state index in [1.807, 2.05) is 0 Å². The molecule has 0 bridgehead atoms. The van der Waals surface area contributed by atoms with Crippen LogP contribution in [0, 0.1) is 0 Å². The van der Waals surface area contributed by atoms with Crippen molar-refractivity contribution in [2.75, 3.05) is 18.0 Å². The molecule has 17 heavy (non-hydrogen) atoms. The van der Waals surface area contributed by atoms with Gasteiger partial charge in [0, 0.05) is 19.3 Å². The predicted octanol–water partition coefficient (Wildman–Crippen LogP) is 2.81. The van der Waals surface area contributed by atoms with E-state index in [1.54, 1.807) is 6.07 Å². The molecule has 0 radical (unpaired) electrons. The van der Waals surface area contributed by atoms with E-state index in [0.29, 0.717) is 5.82 Å². The summed E-state index contributed by atoms with van der Waals surface area (Å²) in [6, 6.07) is 1.57. The molecule has 0 aliphatic carbocycles. The highest BCUT2D eigenvalue weighted by atomic mass is 35.5. The van der Waals surface area contributed by atoms with Crippen LogP contribution >= 0.6 is 11.6 Å². The highest BCUT2D eigenvalue weighted by molar-refractivity contribution is 6.33. The van der Waals surface area contributed by atoms with Gasteiger partial charge in [0.15, 0.2) is 0 Å². The van der Waals surface area contributed by atoms with Crippen molar-refractivity contribution in [3.8, 4) is 0 Å². The zero-order valence-electron chi connectivity index (χ0n) is 9.53. The number of rotatable bonds is 2. The maximum absolute atomic E-state index is 11.0. The lowest BCUT2D eigenvalue weighted by Gasteiger charge is -2.21. The molecular weight excluding hydrogens is 240 g/mol. The standard InChI is InChI=1S/C12H15ClN2O2/c13-10-8-14-11(7-9(10)12(16)17)15-5-3-1-2-4-6-15/h7-8H,1-6H2,(H,16,17). The molecule has 1 aromatic rings. The summed E-state index contributed by atoms with van der Waals surface area (Å²) in [4.78, 5) is 17.3. The fourth-order valence-electron chi connectivity index (χ4n) is 2.06. The number of aromatic nitrogens is 1. The maximum Gasteiger partial charge on any atom is 0.337 e. The second-order valence-electron chi connectivity index (χ2n) is 4.23. The average molecular weight is 255 g/mol. The topological polar surface area (TPSA) is 53.4 Å². The minimum absolute atomic E-state index is 0.126. The molecule has 1 aromatic heterocycles. The number of nitrogens with zero attached hydrogens (tertiary/aromatic N) is 2. The van der Waals surface area contributed by atoms with Crippen molar-refractivity contribution >= 4 is 23.4 Å². The Balaban J connectivity index is 2.25. The Labute approximate surface area is 105 Å². The number of pyridine rings is 1. The third-order valence-corrected chi connectivity index (χ3v) is 3.30. The minimum atomic E-state index is -1.01. The van der Waals surface area contributed by atoms with E-state index in [9.17, 15) is 4.79 Å². The Hall–Kier alpha value is -1.29. The molecule has 0 amide bonds. The van der Waals surface area contributed by atoms with Crippen LogP contribution in [-0.2, 0) is 0 Å². The molecule has 2 rings (SSSR count). The number of hydrogen-bond donors (Lipinski definition) is 1. The SMILES string of the molecule is O=C(O)c1cc(N2CCCCCC2)ncc1Cl. The lowest BCUT2D eigenvalue weighted by Crippen LogP contribution is -2.25. The highest BCUT2D eigenvalue weighted by Crippen LogP contribution is 2.22. The van der Waals surface area contributed by atoms with E-state index in [0.717, 1.165) is 25.9 Å². The fraction of sp³-hybridized carbons (Fsp3) is 0.500. The van der Waals surface area contributed by atoms with Gasteiger partial charge in [0.1, 0.15) is 5.82 Å². The second kappa shape index (κ2) is 5.36. The Morgan fingerprint density at radius 2 is 1.94 bits per heavy atom. The zero-order chi connectivity index (χ0) is 12.3. The maximum atomic E-state index is 11.0. The third kappa shape index (κ3) is 2.88. The lowest BCUT2D eigenvalue weighted by atomic mass is 10.2. The molecule has 0 aromatic carbocycles. The normalized spacial score (nSPS) is 16.6. The smallest absolute Gasteiger partial charge is 0.337 e. The van der Waals surface area contributed by atoms with Crippen LogP contribution in [0.15, 0.2) is 12.3 Å². The van der Waals surface area contributed by atoms with Crippen molar-refractivity contribution in [1.82, 2.24) is 4.98 Å². The summed E-state index contributed by atoms with van der Waals surface area (Å²) in [7, 11) is 0. The van der Waals surface area contributed by atoms with E-state index < -0.39 is 5.97 Å². The first-order valence-electron chi connectivity index (χ1n) is 5.82. The van der Waals surface area contributed by atoms with Crippen molar-refractivity contribution in [3.63, 3.8) is 0 Å². The lowest BCUT2D eigenvalue weighted by molar-refractivity contribution is 0.0697. The molecule has 1 aliphatic heterocycles. The summed E-state index contributed by atoms with van der Waals surface area (Å²) >= 11 is 5.80. The number of hydrogen-bond acceptors (Lipinski definition) is 3. The molecule has 1 saturated heterocycles. The zero-order valence-corrected chi connectivity index (χ0v) is 10.3. The van der Waals surface area contributed by atoms with Crippen molar-refractivity contribution in [2.45, 2.75) is 25.7 Å². The summed E-state index contributed by atoms with van der Waals surface area (Å²) in [6.07, 6.45) is 6.15. The first-order chi connectivity index (χ1) is 8.18. The van der Waals surface area contributed by atoms with Gasteiger partial charge in [0.25, 0.3) is 0 Å². The van der Waals surface area contributed by atoms with E-state index in [2.05, 4.69) is 9.88 Å². The number of carboxylic acid groups (broad SMARTS) is 1.